The van der Waals surface area contributed by atoms with Crippen LogP contribution in [0.25, 0.3) is 0 Å². The molecule has 120 valence electrons. The highest BCUT2D eigenvalue weighted by Gasteiger charge is 2.32. The zero-order valence-corrected chi connectivity index (χ0v) is 13.5. The molecule has 0 saturated heterocycles. The molecule has 1 saturated carbocycles. The van der Waals surface area contributed by atoms with Gasteiger partial charge in [-0.1, -0.05) is 39.3 Å². The summed E-state index contributed by atoms with van der Waals surface area (Å²) in [5, 5.41) is 12.3. The van der Waals surface area contributed by atoms with Gasteiger partial charge in [-0.25, -0.2) is 4.79 Å². The lowest BCUT2D eigenvalue weighted by Gasteiger charge is -2.37. The van der Waals surface area contributed by atoms with Gasteiger partial charge in [-0.3, -0.25) is 4.79 Å². The van der Waals surface area contributed by atoms with Crippen molar-refractivity contribution in [1.82, 2.24) is 5.32 Å². The van der Waals surface area contributed by atoms with E-state index in [1.165, 1.54) is 12.5 Å². The maximum Gasteiger partial charge on any atom is 0.336 e. The maximum absolute atomic E-state index is 12.5. The normalized spacial score (nSPS) is 25.0. The summed E-state index contributed by atoms with van der Waals surface area (Å²) >= 11 is 0. The molecular formula is C18H25NO3. The smallest absolute Gasteiger partial charge is 0.336 e. The number of aromatic carboxylic acids is 1. The second-order valence-corrected chi connectivity index (χ2v) is 6.76. The van der Waals surface area contributed by atoms with Gasteiger partial charge in [-0.15, -0.1) is 0 Å². The van der Waals surface area contributed by atoms with Gasteiger partial charge in [0.25, 0.3) is 5.91 Å². The van der Waals surface area contributed by atoms with Crippen molar-refractivity contribution in [2.45, 2.75) is 46.1 Å². The fourth-order valence-corrected chi connectivity index (χ4v) is 3.48. The minimum Gasteiger partial charge on any atom is -0.478 e. The molecule has 2 N–H and O–H groups in total. The van der Waals surface area contributed by atoms with Crippen LogP contribution in [0, 0.1) is 17.8 Å². The number of carbonyl (C=O) groups is 2. The fraction of sp³-hybridized carbons (Fsp3) is 0.556. The zero-order valence-electron chi connectivity index (χ0n) is 13.5. The van der Waals surface area contributed by atoms with E-state index in [4.69, 9.17) is 0 Å². The van der Waals surface area contributed by atoms with E-state index in [9.17, 15) is 14.7 Å². The molecular weight excluding hydrogens is 278 g/mol. The van der Waals surface area contributed by atoms with Gasteiger partial charge in [0.1, 0.15) is 0 Å². The molecule has 1 aliphatic carbocycles. The first-order chi connectivity index (χ1) is 10.4. The van der Waals surface area contributed by atoms with Gasteiger partial charge in [-0.05, 0) is 42.7 Å². The van der Waals surface area contributed by atoms with E-state index < -0.39 is 5.97 Å². The lowest BCUT2D eigenvalue weighted by atomic mass is 9.74. The van der Waals surface area contributed by atoms with Crippen LogP contribution in [0.2, 0.25) is 0 Å². The highest BCUT2D eigenvalue weighted by atomic mass is 16.4. The van der Waals surface area contributed by atoms with E-state index in [0.717, 1.165) is 12.8 Å². The van der Waals surface area contributed by atoms with E-state index in [1.807, 2.05) is 0 Å². The van der Waals surface area contributed by atoms with E-state index in [2.05, 4.69) is 26.1 Å². The number of amides is 1. The Hall–Kier alpha value is -1.84. The number of carboxylic acid groups (broad SMARTS) is 1. The number of nitrogens with one attached hydrogen (secondary N) is 1. The van der Waals surface area contributed by atoms with Gasteiger partial charge in [0.05, 0.1) is 11.1 Å². The largest absolute Gasteiger partial charge is 0.478 e. The standard InChI is InChI=1S/C18H25NO3/c1-11(2)13-9-8-12(3)10-16(13)19-17(20)14-6-4-5-7-15(14)18(21)22/h4-7,11-13,16H,8-10H2,1-3H3,(H,19,20)(H,21,22). The summed E-state index contributed by atoms with van der Waals surface area (Å²) in [6, 6.07) is 6.51. The van der Waals surface area contributed by atoms with Crippen LogP contribution >= 0.6 is 0 Å². The molecule has 22 heavy (non-hydrogen) atoms. The second-order valence-electron chi connectivity index (χ2n) is 6.76. The highest BCUT2D eigenvalue weighted by Crippen LogP contribution is 2.33. The summed E-state index contributed by atoms with van der Waals surface area (Å²) in [6.45, 7) is 6.58. The second kappa shape index (κ2) is 6.95. The summed E-state index contributed by atoms with van der Waals surface area (Å²) in [4.78, 5) is 23.8. The Kier molecular flexibility index (Phi) is 5.22. The van der Waals surface area contributed by atoms with Crippen LogP contribution in [0.1, 0.15) is 60.7 Å². The number of hydrogen-bond acceptors (Lipinski definition) is 2. The van der Waals surface area contributed by atoms with Gasteiger partial charge < -0.3 is 10.4 Å². The molecule has 0 heterocycles. The van der Waals surface area contributed by atoms with Crippen molar-refractivity contribution in [3.8, 4) is 0 Å². The van der Waals surface area contributed by atoms with Crippen LogP contribution in [-0.2, 0) is 0 Å². The van der Waals surface area contributed by atoms with E-state index in [1.54, 1.807) is 18.2 Å². The Labute approximate surface area is 131 Å². The molecule has 1 aliphatic rings. The molecule has 1 aromatic carbocycles. The molecule has 2 rings (SSSR count). The van der Waals surface area contributed by atoms with Crippen molar-refractivity contribution in [2.75, 3.05) is 0 Å². The van der Waals surface area contributed by atoms with Crippen molar-refractivity contribution in [1.29, 1.82) is 0 Å². The fourth-order valence-electron chi connectivity index (χ4n) is 3.48. The van der Waals surface area contributed by atoms with Crippen LogP contribution in [0.15, 0.2) is 24.3 Å². The number of benzene rings is 1. The summed E-state index contributed by atoms with van der Waals surface area (Å²) in [5.74, 6) is 0.214. The van der Waals surface area contributed by atoms with Crippen LogP contribution in [-0.4, -0.2) is 23.0 Å². The van der Waals surface area contributed by atoms with Crippen molar-refractivity contribution in [3.05, 3.63) is 35.4 Å². The van der Waals surface area contributed by atoms with Crippen LogP contribution in [0.5, 0.6) is 0 Å². The number of carbonyl (C=O) groups excluding carboxylic acids is 1. The summed E-state index contributed by atoms with van der Waals surface area (Å²) < 4.78 is 0. The monoisotopic (exact) mass is 303 g/mol. The van der Waals surface area contributed by atoms with Gasteiger partial charge in [0.15, 0.2) is 0 Å². The van der Waals surface area contributed by atoms with Gasteiger partial charge >= 0.3 is 5.97 Å². The Morgan fingerprint density at radius 1 is 1.18 bits per heavy atom. The SMILES string of the molecule is CC1CCC(C(C)C)C(NC(=O)c2ccccc2C(=O)O)C1. The molecule has 1 aromatic rings. The molecule has 0 spiro atoms. The van der Waals surface area contributed by atoms with Gasteiger partial charge in [0.2, 0.25) is 0 Å². The van der Waals surface area contributed by atoms with Crippen molar-refractivity contribution >= 4 is 11.9 Å². The Morgan fingerprint density at radius 2 is 1.82 bits per heavy atom. The molecule has 3 atom stereocenters. The van der Waals surface area contributed by atoms with E-state index in [0.29, 0.717) is 17.8 Å². The number of rotatable bonds is 4. The molecule has 0 aromatic heterocycles. The van der Waals surface area contributed by atoms with Crippen LogP contribution in [0.4, 0.5) is 0 Å². The first-order valence-corrected chi connectivity index (χ1v) is 8.03. The Morgan fingerprint density at radius 3 is 2.41 bits per heavy atom. The van der Waals surface area contributed by atoms with Crippen molar-refractivity contribution in [2.24, 2.45) is 17.8 Å². The van der Waals surface area contributed by atoms with Crippen LogP contribution in [0.3, 0.4) is 0 Å². The molecule has 3 unspecified atom stereocenters. The first kappa shape index (κ1) is 16.5. The third-order valence-corrected chi connectivity index (χ3v) is 4.74. The summed E-state index contributed by atoms with van der Waals surface area (Å²) in [6.07, 6.45) is 3.27. The first-order valence-electron chi connectivity index (χ1n) is 8.03. The molecule has 0 bridgehead atoms. The van der Waals surface area contributed by atoms with E-state index in [-0.39, 0.29) is 23.1 Å². The van der Waals surface area contributed by atoms with Gasteiger partial charge in [-0.2, -0.15) is 0 Å². The molecule has 1 fully saturated rings. The number of carboxylic acids is 1. The lowest BCUT2D eigenvalue weighted by molar-refractivity contribution is 0.0688. The molecule has 1 amide bonds. The quantitative estimate of drug-likeness (QED) is 0.893. The molecule has 0 radical (unpaired) electrons. The number of hydrogen-bond donors (Lipinski definition) is 2. The molecule has 0 aliphatic heterocycles. The van der Waals surface area contributed by atoms with E-state index >= 15 is 0 Å². The van der Waals surface area contributed by atoms with Gasteiger partial charge in [0, 0.05) is 6.04 Å². The predicted molar refractivity (Wildman–Crippen MR) is 86.0 cm³/mol. The third kappa shape index (κ3) is 3.67. The summed E-state index contributed by atoms with van der Waals surface area (Å²) in [7, 11) is 0. The van der Waals surface area contributed by atoms with Crippen molar-refractivity contribution in [3.63, 3.8) is 0 Å². The molecule has 4 nitrogen and oxygen atoms in total. The Bertz CT molecular complexity index is 553. The third-order valence-electron chi connectivity index (χ3n) is 4.74. The maximum atomic E-state index is 12.5. The zero-order chi connectivity index (χ0) is 16.3. The summed E-state index contributed by atoms with van der Waals surface area (Å²) in [5.41, 5.74) is 0.306. The highest BCUT2D eigenvalue weighted by molar-refractivity contribution is 6.04. The average molecular weight is 303 g/mol. The Balaban J connectivity index is 2.18. The minimum atomic E-state index is -1.07. The van der Waals surface area contributed by atoms with Crippen LogP contribution < -0.4 is 5.32 Å². The minimum absolute atomic E-state index is 0.0601. The topological polar surface area (TPSA) is 66.4 Å². The lowest BCUT2D eigenvalue weighted by Crippen LogP contribution is -2.45. The molecule has 4 heteroatoms. The predicted octanol–water partition coefficient (Wildman–Crippen LogP) is 3.58. The van der Waals surface area contributed by atoms with Crippen molar-refractivity contribution < 1.29 is 14.7 Å². The average Bonchev–Trinajstić information content (AvgIpc) is 2.46.